The van der Waals surface area contributed by atoms with E-state index >= 15 is 0 Å². The highest BCUT2D eigenvalue weighted by Gasteiger charge is 2.34. The molecule has 6 rings (SSSR count). The molecule has 2 saturated carbocycles. The van der Waals surface area contributed by atoms with Gasteiger partial charge in [0.05, 0.1) is 24.0 Å². The van der Waals surface area contributed by atoms with Crippen LogP contribution in [0, 0.1) is 5.92 Å². The molecule has 0 aliphatic heterocycles. The summed E-state index contributed by atoms with van der Waals surface area (Å²) >= 11 is 0. The number of aromatic nitrogens is 5. The molecule has 0 spiro atoms. The first-order valence-electron chi connectivity index (χ1n) is 12.5. The van der Waals surface area contributed by atoms with Crippen LogP contribution in [0.5, 0.6) is 0 Å². The maximum Gasteiger partial charge on any atom is 0.257 e. The summed E-state index contributed by atoms with van der Waals surface area (Å²) < 4.78 is 14.7. The number of hydrogen-bond acceptors (Lipinski definition) is 7. The number of nitrogens with zero attached hydrogens (tertiary/aromatic N) is 5. The van der Waals surface area contributed by atoms with E-state index in [0.29, 0.717) is 23.2 Å². The van der Waals surface area contributed by atoms with Gasteiger partial charge in [0, 0.05) is 63.3 Å². The largest absolute Gasteiger partial charge is 0.384 e. The predicted octanol–water partition coefficient (Wildman–Crippen LogP) is 3.29. The predicted molar refractivity (Wildman–Crippen MR) is 136 cm³/mol. The normalized spacial score (nSPS) is 23.4. The Bertz CT molecular complexity index is 1420. The molecule has 1 amide bonds. The van der Waals surface area contributed by atoms with E-state index in [1.54, 1.807) is 24.9 Å². The van der Waals surface area contributed by atoms with Gasteiger partial charge in [-0.2, -0.15) is 9.61 Å². The Morgan fingerprint density at radius 2 is 2.08 bits per heavy atom. The second kappa shape index (κ2) is 9.18. The van der Waals surface area contributed by atoms with Gasteiger partial charge in [-0.15, -0.1) is 0 Å². The summed E-state index contributed by atoms with van der Waals surface area (Å²) in [5.74, 6) is 1.14. The van der Waals surface area contributed by atoms with Gasteiger partial charge in [0.25, 0.3) is 5.91 Å². The van der Waals surface area contributed by atoms with Crippen molar-refractivity contribution in [2.45, 2.75) is 43.9 Å². The number of ether oxygens (including phenoxy) is 2. The molecule has 2 aliphatic carbocycles. The lowest BCUT2D eigenvalue weighted by molar-refractivity contribution is 0.00732. The zero-order chi connectivity index (χ0) is 24.8. The van der Waals surface area contributed by atoms with E-state index in [0.717, 1.165) is 60.4 Å². The van der Waals surface area contributed by atoms with Crippen LogP contribution in [0.25, 0.3) is 27.9 Å². The highest BCUT2D eigenvalue weighted by atomic mass is 16.5. The fourth-order valence-electron chi connectivity index (χ4n) is 5.47. The van der Waals surface area contributed by atoms with Crippen molar-refractivity contribution in [1.29, 1.82) is 0 Å². The third kappa shape index (κ3) is 3.72. The van der Waals surface area contributed by atoms with Crippen molar-refractivity contribution in [2.75, 3.05) is 33.2 Å². The molecular weight excluding hydrogens is 458 g/mol. The van der Waals surface area contributed by atoms with Crippen LogP contribution in [0.1, 0.15) is 42.1 Å². The van der Waals surface area contributed by atoms with Gasteiger partial charge in [-0.1, -0.05) is 0 Å². The zero-order valence-corrected chi connectivity index (χ0v) is 20.8. The average molecular weight is 490 g/mol. The minimum atomic E-state index is -0.189. The number of rotatable bonds is 8. The topological polar surface area (TPSA) is 108 Å². The van der Waals surface area contributed by atoms with Crippen LogP contribution in [0.3, 0.4) is 0 Å². The van der Waals surface area contributed by atoms with Crippen molar-refractivity contribution in [3.63, 3.8) is 0 Å². The first-order chi connectivity index (χ1) is 17.6. The number of fused-ring (bicyclic) bond motifs is 2. The van der Waals surface area contributed by atoms with Crippen molar-refractivity contribution < 1.29 is 14.3 Å². The molecule has 2 N–H and O–H groups in total. The molecule has 2 atom stereocenters. The molecule has 0 aromatic carbocycles. The van der Waals surface area contributed by atoms with Crippen molar-refractivity contribution in [2.24, 2.45) is 5.92 Å². The number of methoxy groups -OCH3 is 2. The van der Waals surface area contributed by atoms with E-state index < -0.39 is 0 Å². The van der Waals surface area contributed by atoms with Gasteiger partial charge in [0.1, 0.15) is 17.0 Å². The Morgan fingerprint density at radius 3 is 2.81 bits per heavy atom. The summed E-state index contributed by atoms with van der Waals surface area (Å²) in [6.45, 7) is 0.789. The van der Waals surface area contributed by atoms with E-state index in [2.05, 4.69) is 32.6 Å². The molecule has 0 radical (unpaired) electrons. The first kappa shape index (κ1) is 22.9. The minimum absolute atomic E-state index is 0.0119. The van der Waals surface area contributed by atoms with Gasteiger partial charge in [-0.25, -0.2) is 9.97 Å². The minimum Gasteiger partial charge on any atom is -0.384 e. The summed E-state index contributed by atoms with van der Waals surface area (Å²) in [7, 11) is 5.27. The van der Waals surface area contributed by atoms with E-state index in [1.807, 2.05) is 25.4 Å². The maximum absolute atomic E-state index is 13.2. The van der Waals surface area contributed by atoms with E-state index in [-0.39, 0.29) is 18.1 Å². The van der Waals surface area contributed by atoms with Crippen LogP contribution < -0.4 is 10.6 Å². The molecule has 188 valence electrons. The summed E-state index contributed by atoms with van der Waals surface area (Å²) in [4.78, 5) is 22.8. The van der Waals surface area contributed by atoms with E-state index in [9.17, 15) is 4.79 Å². The number of nitrogens with one attached hydrogen (secondary N) is 2. The Balaban J connectivity index is 1.40. The molecule has 10 heteroatoms. The summed E-state index contributed by atoms with van der Waals surface area (Å²) in [6.07, 6.45) is 9.61. The maximum atomic E-state index is 13.2. The zero-order valence-electron chi connectivity index (χ0n) is 20.8. The first-order valence-corrected chi connectivity index (χ1v) is 12.5. The van der Waals surface area contributed by atoms with Crippen LogP contribution in [-0.2, 0) is 9.47 Å². The summed E-state index contributed by atoms with van der Waals surface area (Å²) in [6, 6.07) is 6.39. The van der Waals surface area contributed by atoms with Gasteiger partial charge in [0.15, 0.2) is 5.65 Å². The second-order valence-electron chi connectivity index (χ2n) is 9.77. The van der Waals surface area contributed by atoms with Crippen molar-refractivity contribution in [3.8, 4) is 11.3 Å². The number of carbonyl (C=O) groups excluding carboxylic acids is 1. The summed E-state index contributed by atoms with van der Waals surface area (Å²) in [5, 5.41) is 11.8. The molecule has 0 bridgehead atoms. The van der Waals surface area contributed by atoms with Crippen LogP contribution in [0.2, 0.25) is 0 Å². The standard InChI is InChI=1S/C26H31N7O3/c1-27-23-11-21(30-25-18(12-29-33(23)25)26(34)31-20-6-7-22(20)36-3)19-13-32(16-9-15(10-16)14-35-2)24-17(19)5-4-8-28-24/h4-5,8,11-13,15-16,20,22,27H,6-7,9-10,14H2,1-3H3,(H,31,34)/t15-,16+,20-,22-/m0/s1. The average Bonchev–Trinajstić information content (AvgIpc) is 3.45. The van der Waals surface area contributed by atoms with Gasteiger partial charge in [-0.3, -0.25) is 4.79 Å². The Morgan fingerprint density at radius 1 is 1.22 bits per heavy atom. The van der Waals surface area contributed by atoms with Crippen LogP contribution in [-0.4, -0.2) is 70.1 Å². The monoisotopic (exact) mass is 489 g/mol. The number of pyridine rings is 1. The Labute approximate surface area is 209 Å². The van der Waals surface area contributed by atoms with Crippen molar-refractivity contribution in [3.05, 3.63) is 42.4 Å². The van der Waals surface area contributed by atoms with Crippen LogP contribution in [0.15, 0.2) is 36.8 Å². The van der Waals surface area contributed by atoms with Crippen LogP contribution >= 0.6 is 0 Å². The number of amides is 1. The molecule has 0 saturated heterocycles. The summed E-state index contributed by atoms with van der Waals surface area (Å²) in [5.41, 5.74) is 3.65. The van der Waals surface area contributed by atoms with E-state index in [4.69, 9.17) is 19.4 Å². The van der Waals surface area contributed by atoms with Gasteiger partial charge >= 0.3 is 0 Å². The molecule has 2 fully saturated rings. The SMILES string of the molecule is CNc1cc(-c2cn([C@H]3C[C@@H](COC)C3)c3ncccc23)nc2c(C(=O)N[C@H]3CC[C@@H]3OC)cnn12. The van der Waals surface area contributed by atoms with Gasteiger partial charge < -0.3 is 24.7 Å². The highest BCUT2D eigenvalue weighted by Crippen LogP contribution is 2.42. The lowest BCUT2D eigenvalue weighted by Gasteiger charge is -2.36. The van der Waals surface area contributed by atoms with Gasteiger partial charge in [-0.05, 0) is 43.7 Å². The molecule has 0 unspecified atom stereocenters. The molecule has 4 aromatic rings. The number of carbonyl (C=O) groups is 1. The lowest BCUT2D eigenvalue weighted by Crippen LogP contribution is -2.51. The quantitative estimate of drug-likeness (QED) is 0.391. The van der Waals surface area contributed by atoms with Crippen molar-refractivity contribution >= 4 is 28.4 Å². The Hall–Kier alpha value is -3.50. The molecule has 10 nitrogen and oxygen atoms in total. The van der Waals surface area contributed by atoms with Crippen LogP contribution in [0.4, 0.5) is 5.82 Å². The number of anilines is 1. The number of hydrogen-bond donors (Lipinski definition) is 2. The van der Waals surface area contributed by atoms with E-state index in [1.165, 1.54) is 0 Å². The third-order valence-electron chi connectivity index (χ3n) is 7.67. The molecule has 4 heterocycles. The fourth-order valence-corrected chi connectivity index (χ4v) is 5.47. The fraction of sp³-hybridized carbons (Fsp3) is 0.462. The smallest absolute Gasteiger partial charge is 0.257 e. The van der Waals surface area contributed by atoms with Crippen molar-refractivity contribution in [1.82, 2.24) is 29.5 Å². The highest BCUT2D eigenvalue weighted by molar-refractivity contribution is 6.01. The third-order valence-corrected chi connectivity index (χ3v) is 7.67. The Kier molecular flexibility index (Phi) is 5.85. The molecule has 2 aliphatic rings. The molecular formula is C26H31N7O3. The molecule has 36 heavy (non-hydrogen) atoms. The van der Waals surface area contributed by atoms with Gasteiger partial charge in [0.2, 0.25) is 0 Å². The second-order valence-corrected chi connectivity index (χ2v) is 9.77. The lowest BCUT2D eigenvalue weighted by atomic mass is 9.80. The molecule has 4 aromatic heterocycles.